The number of rotatable bonds is 2. The maximum atomic E-state index is 4.79. The molecule has 0 spiro atoms. The highest BCUT2D eigenvalue weighted by Crippen LogP contribution is 2.25. The van der Waals surface area contributed by atoms with E-state index in [-0.39, 0.29) is 0 Å². The van der Waals surface area contributed by atoms with Crippen LogP contribution in [0.4, 0.5) is 0 Å². The van der Waals surface area contributed by atoms with Crippen LogP contribution in [-0.2, 0) is 13.0 Å². The Morgan fingerprint density at radius 1 is 1.17 bits per heavy atom. The van der Waals surface area contributed by atoms with E-state index in [2.05, 4.69) is 23.6 Å². The number of fused-ring (bicyclic) bond motifs is 1. The number of hydrogen-bond donors (Lipinski definition) is 0. The molecule has 0 bridgehead atoms. The van der Waals surface area contributed by atoms with Crippen molar-refractivity contribution in [2.75, 3.05) is 13.6 Å². The van der Waals surface area contributed by atoms with Crippen molar-refractivity contribution in [3.63, 3.8) is 0 Å². The highest BCUT2D eigenvalue weighted by molar-refractivity contribution is 5.03. The number of aromatic nitrogens is 3. The zero-order valence-electron chi connectivity index (χ0n) is 11.6. The van der Waals surface area contributed by atoms with Crippen molar-refractivity contribution < 1.29 is 0 Å². The van der Waals surface area contributed by atoms with Crippen LogP contribution in [0.1, 0.15) is 56.6 Å². The zero-order valence-corrected chi connectivity index (χ0v) is 11.6. The first kappa shape index (κ1) is 12.2. The maximum absolute atomic E-state index is 4.79. The van der Waals surface area contributed by atoms with Gasteiger partial charge in [0.05, 0.1) is 0 Å². The van der Waals surface area contributed by atoms with E-state index >= 15 is 0 Å². The van der Waals surface area contributed by atoms with Crippen molar-refractivity contribution in [2.24, 2.45) is 0 Å². The molecule has 18 heavy (non-hydrogen) atoms. The molecule has 4 nitrogen and oxygen atoms in total. The smallest absolute Gasteiger partial charge is 0.152 e. The summed E-state index contributed by atoms with van der Waals surface area (Å²) in [5.74, 6) is 2.87. The number of likely N-dealkylation sites (N-methyl/N-ethyl adjacent to an activating group) is 1. The number of hydrogen-bond acceptors (Lipinski definition) is 3. The fourth-order valence-corrected chi connectivity index (χ4v) is 3.31. The lowest BCUT2D eigenvalue weighted by Crippen LogP contribution is -2.37. The molecule has 1 aromatic rings. The Hall–Kier alpha value is -0.900. The molecule has 2 aliphatic rings. The maximum Gasteiger partial charge on any atom is 0.152 e. The molecule has 1 aromatic heterocycles. The van der Waals surface area contributed by atoms with Gasteiger partial charge in [-0.05, 0) is 39.3 Å². The Labute approximate surface area is 109 Å². The topological polar surface area (TPSA) is 34.0 Å². The molecule has 2 aliphatic heterocycles. The number of aryl methyl sites for hydroxylation is 1. The molecule has 3 heterocycles. The van der Waals surface area contributed by atoms with E-state index in [4.69, 9.17) is 10.1 Å². The minimum atomic E-state index is 0.587. The molecule has 3 rings (SSSR count). The van der Waals surface area contributed by atoms with Gasteiger partial charge in [0.25, 0.3) is 0 Å². The van der Waals surface area contributed by atoms with Gasteiger partial charge in [-0.2, -0.15) is 5.10 Å². The van der Waals surface area contributed by atoms with Gasteiger partial charge in [0.1, 0.15) is 5.82 Å². The van der Waals surface area contributed by atoms with Crippen LogP contribution in [0.5, 0.6) is 0 Å². The normalized spacial score (nSPS) is 29.2. The van der Waals surface area contributed by atoms with Gasteiger partial charge in [-0.3, -0.25) is 0 Å². The average molecular weight is 248 g/mol. The van der Waals surface area contributed by atoms with Crippen molar-refractivity contribution in [1.82, 2.24) is 19.7 Å². The Kier molecular flexibility index (Phi) is 3.37. The first-order valence-corrected chi connectivity index (χ1v) is 7.38. The summed E-state index contributed by atoms with van der Waals surface area (Å²) in [6, 6.07) is 0.651. The van der Waals surface area contributed by atoms with E-state index in [1.54, 1.807) is 0 Å². The zero-order chi connectivity index (χ0) is 12.5. The Balaban J connectivity index is 1.73. The largest absolute Gasteiger partial charge is 0.303 e. The molecule has 0 saturated carbocycles. The summed E-state index contributed by atoms with van der Waals surface area (Å²) >= 11 is 0. The van der Waals surface area contributed by atoms with E-state index < -0.39 is 0 Å². The summed E-state index contributed by atoms with van der Waals surface area (Å²) in [6.07, 6.45) is 7.55. The number of likely N-dealkylation sites (tertiary alicyclic amines) is 1. The quantitative estimate of drug-likeness (QED) is 0.804. The number of nitrogens with zero attached hydrogens (tertiary/aromatic N) is 4. The minimum Gasteiger partial charge on any atom is -0.303 e. The van der Waals surface area contributed by atoms with Crippen LogP contribution in [0.15, 0.2) is 0 Å². The van der Waals surface area contributed by atoms with E-state index in [0.717, 1.165) is 18.8 Å². The van der Waals surface area contributed by atoms with Gasteiger partial charge in [-0.15, -0.1) is 0 Å². The SMILES string of the molecule is CC1CCCn2nc(CC3CCCCN3C)nc21. The fraction of sp³-hybridized carbons (Fsp3) is 0.857. The predicted molar refractivity (Wildman–Crippen MR) is 71.6 cm³/mol. The third-order valence-corrected chi connectivity index (χ3v) is 4.53. The Bertz CT molecular complexity index is 412. The molecule has 4 heteroatoms. The Morgan fingerprint density at radius 2 is 2.06 bits per heavy atom. The van der Waals surface area contributed by atoms with Crippen LogP contribution in [0.3, 0.4) is 0 Å². The first-order valence-electron chi connectivity index (χ1n) is 7.38. The van der Waals surface area contributed by atoms with Gasteiger partial charge in [-0.25, -0.2) is 9.67 Å². The van der Waals surface area contributed by atoms with Crippen LogP contribution >= 0.6 is 0 Å². The molecule has 0 N–H and O–H groups in total. The van der Waals surface area contributed by atoms with Crippen molar-refractivity contribution >= 4 is 0 Å². The minimum absolute atomic E-state index is 0.587. The molecule has 2 atom stereocenters. The second-order valence-corrected chi connectivity index (χ2v) is 5.99. The summed E-state index contributed by atoms with van der Waals surface area (Å²) in [6.45, 7) is 4.57. The second-order valence-electron chi connectivity index (χ2n) is 5.99. The third kappa shape index (κ3) is 2.30. The van der Waals surface area contributed by atoms with E-state index in [0.29, 0.717) is 12.0 Å². The predicted octanol–water partition coefficient (Wildman–Crippen LogP) is 2.20. The van der Waals surface area contributed by atoms with Crippen molar-refractivity contribution in [3.05, 3.63) is 11.6 Å². The molecule has 0 aliphatic carbocycles. The van der Waals surface area contributed by atoms with Gasteiger partial charge in [-0.1, -0.05) is 13.3 Å². The molecule has 1 saturated heterocycles. The van der Waals surface area contributed by atoms with E-state index in [1.165, 1.54) is 44.5 Å². The molecular formula is C14H24N4. The van der Waals surface area contributed by atoms with Crippen molar-refractivity contribution in [2.45, 2.75) is 64.0 Å². The van der Waals surface area contributed by atoms with Gasteiger partial charge in [0.2, 0.25) is 0 Å². The van der Waals surface area contributed by atoms with Gasteiger partial charge < -0.3 is 4.90 Å². The second kappa shape index (κ2) is 5.00. The van der Waals surface area contributed by atoms with Crippen LogP contribution in [0.2, 0.25) is 0 Å². The number of piperidine rings is 1. The molecular weight excluding hydrogens is 224 g/mol. The van der Waals surface area contributed by atoms with E-state index in [9.17, 15) is 0 Å². The summed E-state index contributed by atoms with van der Waals surface area (Å²) in [4.78, 5) is 7.26. The van der Waals surface area contributed by atoms with Crippen molar-refractivity contribution in [1.29, 1.82) is 0 Å². The fourth-order valence-electron chi connectivity index (χ4n) is 3.31. The molecule has 0 radical (unpaired) electrons. The molecule has 0 amide bonds. The molecule has 1 fully saturated rings. The summed E-state index contributed by atoms with van der Waals surface area (Å²) in [5.41, 5.74) is 0. The van der Waals surface area contributed by atoms with Gasteiger partial charge >= 0.3 is 0 Å². The summed E-state index contributed by atoms with van der Waals surface area (Å²) < 4.78 is 2.15. The molecule has 0 aromatic carbocycles. The average Bonchev–Trinajstić information content (AvgIpc) is 2.76. The third-order valence-electron chi connectivity index (χ3n) is 4.53. The van der Waals surface area contributed by atoms with Gasteiger partial charge in [0.15, 0.2) is 5.82 Å². The molecule has 100 valence electrons. The molecule has 2 unspecified atom stereocenters. The first-order chi connectivity index (χ1) is 8.74. The van der Waals surface area contributed by atoms with E-state index in [1.807, 2.05) is 0 Å². The van der Waals surface area contributed by atoms with Gasteiger partial charge in [0, 0.05) is 24.9 Å². The van der Waals surface area contributed by atoms with Crippen molar-refractivity contribution in [3.8, 4) is 0 Å². The lowest BCUT2D eigenvalue weighted by atomic mass is 10.00. The van der Waals surface area contributed by atoms with Crippen LogP contribution in [0, 0.1) is 0 Å². The summed E-state index contributed by atoms with van der Waals surface area (Å²) in [5, 5.41) is 4.71. The standard InChI is InChI=1S/C14H24N4/c1-11-6-5-9-18-14(11)15-13(16-18)10-12-7-3-4-8-17(12)2/h11-12H,3-10H2,1-2H3. The summed E-state index contributed by atoms with van der Waals surface area (Å²) in [7, 11) is 2.24. The monoisotopic (exact) mass is 248 g/mol. The highest BCUT2D eigenvalue weighted by atomic mass is 15.4. The Morgan fingerprint density at radius 3 is 2.83 bits per heavy atom. The highest BCUT2D eigenvalue weighted by Gasteiger charge is 2.24. The van der Waals surface area contributed by atoms with Crippen LogP contribution in [-0.4, -0.2) is 39.3 Å². The lowest BCUT2D eigenvalue weighted by molar-refractivity contribution is 0.182. The lowest BCUT2D eigenvalue weighted by Gasteiger charge is -2.31. The van der Waals surface area contributed by atoms with Crippen LogP contribution in [0.25, 0.3) is 0 Å². The van der Waals surface area contributed by atoms with Crippen LogP contribution < -0.4 is 0 Å².